The number of rotatable bonds is 8. The number of piperidine rings is 1. The van der Waals surface area contributed by atoms with Gasteiger partial charge in [-0.2, -0.15) is 4.31 Å². The van der Waals surface area contributed by atoms with Gasteiger partial charge in [-0.1, -0.05) is 44.2 Å². The third-order valence-electron chi connectivity index (χ3n) is 5.86. The van der Waals surface area contributed by atoms with Crippen LogP contribution in [0.15, 0.2) is 59.5 Å². The fraction of sp³-hybridized carbons (Fsp3) is 0.417. The average molecular weight is 473 g/mol. The summed E-state index contributed by atoms with van der Waals surface area (Å²) in [6.07, 6.45) is 1.40. The summed E-state index contributed by atoms with van der Waals surface area (Å²) in [6.45, 7) is 5.90. The van der Waals surface area contributed by atoms with Gasteiger partial charge < -0.3 is 15.5 Å². The van der Waals surface area contributed by atoms with Gasteiger partial charge in [0.05, 0.1) is 4.90 Å². The Morgan fingerprint density at radius 1 is 0.970 bits per heavy atom. The highest BCUT2D eigenvalue weighted by molar-refractivity contribution is 7.89. The minimum Gasteiger partial charge on any atom is -0.349 e. The molecule has 2 aromatic carbocycles. The van der Waals surface area contributed by atoms with Crippen molar-refractivity contribution < 1.29 is 18.0 Å². The zero-order valence-electron chi connectivity index (χ0n) is 19.2. The second-order valence-electron chi connectivity index (χ2n) is 7.99. The van der Waals surface area contributed by atoms with Gasteiger partial charge in [-0.05, 0) is 42.7 Å². The average Bonchev–Trinajstić information content (AvgIpc) is 2.84. The van der Waals surface area contributed by atoms with E-state index in [-0.39, 0.29) is 22.9 Å². The van der Waals surface area contributed by atoms with Crippen LogP contribution in [0.3, 0.4) is 0 Å². The first kappa shape index (κ1) is 24.7. The monoisotopic (exact) mass is 472 g/mol. The molecule has 33 heavy (non-hydrogen) atoms. The Hall–Kier alpha value is -2.91. The van der Waals surface area contributed by atoms with Crippen LogP contribution in [0.4, 0.5) is 4.79 Å². The molecule has 0 spiro atoms. The Balaban J connectivity index is 1.45. The van der Waals surface area contributed by atoms with Gasteiger partial charge in [0.25, 0.3) is 5.91 Å². The number of nitrogens with one attached hydrogen (secondary N) is 2. The van der Waals surface area contributed by atoms with Crippen LogP contribution >= 0.6 is 0 Å². The number of carbonyl (C=O) groups excluding carboxylic acids is 2. The van der Waals surface area contributed by atoms with E-state index in [9.17, 15) is 18.0 Å². The van der Waals surface area contributed by atoms with E-state index in [1.54, 1.807) is 41.3 Å². The van der Waals surface area contributed by atoms with Crippen LogP contribution in [0.2, 0.25) is 0 Å². The van der Waals surface area contributed by atoms with Crippen molar-refractivity contribution in [2.75, 3.05) is 26.2 Å². The first-order valence-corrected chi connectivity index (χ1v) is 12.8. The standard InChI is InChI=1S/C24H32N4O4S/c1-3-28(4-2)33(31,32)22-12-10-19(11-13-22)18-25-24(30)27-16-14-21(15-17-27)26-23(29)20-8-6-5-7-9-20/h5-13,21H,3-4,14-18H2,1-2H3,(H,25,30)(H,26,29). The largest absolute Gasteiger partial charge is 0.349 e. The number of sulfonamides is 1. The van der Waals surface area contributed by atoms with E-state index in [0.717, 1.165) is 5.56 Å². The summed E-state index contributed by atoms with van der Waals surface area (Å²) in [5.41, 5.74) is 1.46. The van der Waals surface area contributed by atoms with Crippen LogP contribution in [0.1, 0.15) is 42.6 Å². The zero-order valence-corrected chi connectivity index (χ0v) is 20.0. The summed E-state index contributed by atoms with van der Waals surface area (Å²) in [5, 5.41) is 5.93. The van der Waals surface area contributed by atoms with Gasteiger partial charge in [0.1, 0.15) is 0 Å². The van der Waals surface area contributed by atoms with Gasteiger partial charge in [-0.15, -0.1) is 0 Å². The third-order valence-corrected chi connectivity index (χ3v) is 7.93. The minimum atomic E-state index is -3.49. The molecule has 2 N–H and O–H groups in total. The molecule has 1 aliphatic heterocycles. The number of likely N-dealkylation sites (tertiary alicyclic amines) is 1. The van der Waals surface area contributed by atoms with E-state index < -0.39 is 10.0 Å². The fourth-order valence-electron chi connectivity index (χ4n) is 3.87. The minimum absolute atomic E-state index is 0.0436. The molecule has 0 bridgehead atoms. The maximum absolute atomic E-state index is 12.6. The maximum atomic E-state index is 12.6. The Kier molecular flexibility index (Phi) is 8.46. The summed E-state index contributed by atoms with van der Waals surface area (Å²) >= 11 is 0. The fourth-order valence-corrected chi connectivity index (χ4v) is 5.32. The zero-order chi connectivity index (χ0) is 23.8. The number of hydrogen-bond acceptors (Lipinski definition) is 4. The van der Waals surface area contributed by atoms with Crippen molar-refractivity contribution in [3.63, 3.8) is 0 Å². The van der Waals surface area contributed by atoms with E-state index in [4.69, 9.17) is 0 Å². The quantitative estimate of drug-likeness (QED) is 0.617. The second kappa shape index (κ2) is 11.3. The van der Waals surface area contributed by atoms with E-state index in [1.807, 2.05) is 32.0 Å². The van der Waals surface area contributed by atoms with Crippen molar-refractivity contribution in [3.8, 4) is 0 Å². The molecule has 0 atom stereocenters. The first-order valence-electron chi connectivity index (χ1n) is 11.3. The predicted octanol–water partition coefficient (Wildman–Crippen LogP) is 2.82. The number of hydrogen-bond donors (Lipinski definition) is 2. The summed E-state index contributed by atoms with van der Waals surface area (Å²) in [4.78, 5) is 26.8. The highest BCUT2D eigenvalue weighted by Gasteiger charge is 2.24. The normalized spacial score (nSPS) is 14.8. The molecule has 0 radical (unpaired) electrons. The van der Waals surface area contributed by atoms with Crippen molar-refractivity contribution >= 4 is 22.0 Å². The highest BCUT2D eigenvalue weighted by Crippen LogP contribution is 2.16. The molecule has 0 saturated carbocycles. The summed E-state index contributed by atoms with van der Waals surface area (Å²) in [5.74, 6) is -0.0926. The molecule has 1 fully saturated rings. The molecule has 1 heterocycles. The molecule has 0 unspecified atom stereocenters. The number of benzene rings is 2. The molecule has 3 rings (SSSR count). The molecule has 9 heteroatoms. The van der Waals surface area contributed by atoms with Gasteiger partial charge in [-0.3, -0.25) is 4.79 Å². The lowest BCUT2D eigenvalue weighted by Crippen LogP contribution is -2.49. The highest BCUT2D eigenvalue weighted by atomic mass is 32.2. The van der Waals surface area contributed by atoms with Gasteiger partial charge in [0, 0.05) is 44.3 Å². The number of nitrogens with zero attached hydrogens (tertiary/aromatic N) is 2. The Morgan fingerprint density at radius 2 is 1.58 bits per heavy atom. The van der Waals surface area contributed by atoms with Crippen LogP contribution in [-0.4, -0.2) is 61.8 Å². The smallest absolute Gasteiger partial charge is 0.317 e. The Morgan fingerprint density at radius 3 is 2.15 bits per heavy atom. The molecular formula is C24H32N4O4S. The molecule has 3 amide bonds. The van der Waals surface area contributed by atoms with Gasteiger partial charge in [0.15, 0.2) is 0 Å². The SMILES string of the molecule is CCN(CC)S(=O)(=O)c1ccc(CNC(=O)N2CCC(NC(=O)c3ccccc3)CC2)cc1. The topological polar surface area (TPSA) is 98.8 Å². The van der Waals surface area contributed by atoms with E-state index >= 15 is 0 Å². The summed E-state index contributed by atoms with van der Waals surface area (Å²) < 4.78 is 26.6. The van der Waals surface area contributed by atoms with Crippen LogP contribution in [0, 0.1) is 0 Å². The van der Waals surface area contributed by atoms with Crippen molar-refractivity contribution in [1.29, 1.82) is 0 Å². The van der Waals surface area contributed by atoms with Crippen molar-refractivity contribution in [2.24, 2.45) is 0 Å². The van der Waals surface area contributed by atoms with E-state index in [1.165, 1.54) is 4.31 Å². The molecule has 0 aliphatic carbocycles. The van der Waals surface area contributed by atoms with Gasteiger partial charge in [0.2, 0.25) is 10.0 Å². The number of urea groups is 1. The lowest BCUT2D eigenvalue weighted by atomic mass is 10.0. The molecule has 8 nitrogen and oxygen atoms in total. The van der Waals surface area contributed by atoms with Crippen LogP contribution in [0.5, 0.6) is 0 Å². The van der Waals surface area contributed by atoms with Crippen molar-refractivity contribution in [2.45, 2.75) is 44.2 Å². The van der Waals surface area contributed by atoms with Gasteiger partial charge in [-0.25, -0.2) is 13.2 Å². The number of amides is 3. The van der Waals surface area contributed by atoms with Crippen molar-refractivity contribution in [1.82, 2.24) is 19.8 Å². The molecule has 178 valence electrons. The summed E-state index contributed by atoms with van der Waals surface area (Å²) in [6, 6.07) is 15.6. The molecule has 0 aromatic heterocycles. The van der Waals surface area contributed by atoms with E-state index in [2.05, 4.69) is 10.6 Å². The van der Waals surface area contributed by atoms with Gasteiger partial charge >= 0.3 is 6.03 Å². The van der Waals surface area contributed by atoms with Crippen LogP contribution in [0.25, 0.3) is 0 Å². The molecule has 1 aliphatic rings. The van der Waals surface area contributed by atoms with Crippen LogP contribution < -0.4 is 10.6 Å². The molecule has 2 aromatic rings. The van der Waals surface area contributed by atoms with E-state index in [0.29, 0.717) is 51.1 Å². The summed E-state index contributed by atoms with van der Waals surface area (Å²) in [7, 11) is -3.49. The lowest BCUT2D eigenvalue weighted by molar-refractivity contribution is 0.0918. The van der Waals surface area contributed by atoms with Crippen molar-refractivity contribution in [3.05, 3.63) is 65.7 Å². The molecule has 1 saturated heterocycles. The van der Waals surface area contributed by atoms with Crippen LogP contribution in [-0.2, 0) is 16.6 Å². The predicted molar refractivity (Wildman–Crippen MR) is 127 cm³/mol. The second-order valence-corrected chi connectivity index (χ2v) is 9.93. The Labute approximate surface area is 196 Å². The lowest BCUT2D eigenvalue weighted by Gasteiger charge is -2.32. The third kappa shape index (κ3) is 6.33. The Bertz CT molecular complexity index is 1030. The maximum Gasteiger partial charge on any atom is 0.317 e. The number of carbonyl (C=O) groups is 2. The molecular weight excluding hydrogens is 440 g/mol. The first-order chi connectivity index (χ1) is 15.8.